The van der Waals surface area contributed by atoms with Crippen molar-refractivity contribution in [3.05, 3.63) is 0 Å². The van der Waals surface area contributed by atoms with Crippen LogP contribution in [0.15, 0.2) is 0 Å². The molecule has 0 aromatic carbocycles. The molecule has 1 saturated carbocycles. The number of alkyl halides is 1. The maximum atomic E-state index is 12.9. The highest BCUT2D eigenvalue weighted by molar-refractivity contribution is 4.95. The highest BCUT2D eigenvalue weighted by Gasteiger charge is 2.40. The second-order valence-corrected chi connectivity index (χ2v) is 3.84. The fraction of sp³-hybridized carbons (Fsp3) is 1.00. The van der Waals surface area contributed by atoms with E-state index in [2.05, 4.69) is 19.2 Å². The zero-order chi connectivity index (χ0) is 7.78. The van der Waals surface area contributed by atoms with Crippen molar-refractivity contribution in [1.82, 2.24) is 5.32 Å². The average Bonchev–Trinajstić information content (AvgIpc) is 1.57. The molecule has 0 amide bonds. The fourth-order valence-corrected chi connectivity index (χ4v) is 1.56. The molecule has 0 bridgehead atoms. The van der Waals surface area contributed by atoms with Crippen LogP contribution >= 0.6 is 0 Å². The Morgan fingerprint density at radius 3 is 2.30 bits per heavy atom. The lowest BCUT2D eigenvalue weighted by atomic mass is 9.78. The lowest BCUT2D eigenvalue weighted by Gasteiger charge is -2.40. The van der Waals surface area contributed by atoms with Gasteiger partial charge in [0.05, 0.1) is 0 Å². The van der Waals surface area contributed by atoms with Crippen molar-refractivity contribution >= 4 is 0 Å². The van der Waals surface area contributed by atoms with Crippen LogP contribution in [0.2, 0.25) is 0 Å². The first kappa shape index (κ1) is 7.99. The molecule has 0 atom stereocenters. The molecule has 1 N–H and O–H groups in total. The van der Waals surface area contributed by atoms with E-state index in [0.29, 0.717) is 24.9 Å². The largest absolute Gasteiger partial charge is 0.312 e. The summed E-state index contributed by atoms with van der Waals surface area (Å²) in [5, 5.41) is 3.29. The van der Waals surface area contributed by atoms with Crippen LogP contribution in [-0.4, -0.2) is 17.8 Å². The van der Waals surface area contributed by atoms with E-state index in [1.165, 1.54) is 0 Å². The summed E-state index contributed by atoms with van der Waals surface area (Å²) in [6.45, 7) is 5.85. The number of nitrogens with one attached hydrogen (secondary N) is 1. The zero-order valence-corrected chi connectivity index (χ0v) is 6.95. The molecule has 1 aliphatic carbocycles. The van der Waals surface area contributed by atoms with Crippen LogP contribution in [0.1, 0.15) is 33.6 Å². The molecule has 1 nitrogen and oxygen atoms in total. The van der Waals surface area contributed by atoms with Crippen LogP contribution in [0, 0.1) is 0 Å². The average molecular weight is 145 g/mol. The Balaban J connectivity index is 2.15. The van der Waals surface area contributed by atoms with E-state index in [9.17, 15) is 4.39 Å². The number of hydrogen-bond donors (Lipinski definition) is 1. The van der Waals surface area contributed by atoms with Gasteiger partial charge in [0.15, 0.2) is 0 Å². The van der Waals surface area contributed by atoms with E-state index < -0.39 is 5.67 Å². The van der Waals surface area contributed by atoms with Crippen LogP contribution in [0.4, 0.5) is 4.39 Å². The van der Waals surface area contributed by atoms with E-state index in [0.717, 1.165) is 0 Å². The maximum absolute atomic E-state index is 12.9. The normalized spacial score (nSPS) is 39.9. The van der Waals surface area contributed by atoms with Crippen LogP contribution in [0.25, 0.3) is 0 Å². The second kappa shape index (κ2) is 2.50. The highest BCUT2D eigenvalue weighted by Crippen LogP contribution is 2.35. The van der Waals surface area contributed by atoms with Gasteiger partial charge in [-0.3, -0.25) is 0 Å². The van der Waals surface area contributed by atoms with Gasteiger partial charge in [-0.15, -0.1) is 0 Å². The molecule has 0 unspecified atom stereocenters. The predicted molar refractivity (Wildman–Crippen MR) is 40.8 cm³/mol. The summed E-state index contributed by atoms with van der Waals surface area (Å²) in [6, 6.07) is 0.913. The van der Waals surface area contributed by atoms with E-state index in [1.54, 1.807) is 6.92 Å². The standard InChI is InChI=1S/C8H16FN/c1-6(2)10-7-4-8(3,9)5-7/h6-7,10H,4-5H2,1-3H3. The van der Waals surface area contributed by atoms with Gasteiger partial charge in [0.2, 0.25) is 0 Å². The molecular weight excluding hydrogens is 129 g/mol. The smallest absolute Gasteiger partial charge is 0.111 e. The number of hydrogen-bond acceptors (Lipinski definition) is 1. The van der Waals surface area contributed by atoms with Crippen LogP contribution in [0.3, 0.4) is 0 Å². The van der Waals surface area contributed by atoms with Gasteiger partial charge >= 0.3 is 0 Å². The topological polar surface area (TPSA) is 12.0 Å². The molecule has 0 aromatic rings. The molecule has 0 heterocycles. The Labute approximate surface area is 62.0 Å². The minimum absolute atomic E-state index is 0.426. The van der Waals surface area contributed by atoms with E-state index >= 15 is 0 Å². The van der Waals surface area contributed by atoms with Gasteiger partial charge in [0.1, 0.15) is 5.67 Å². The molecule has 60 valence electrons. The predicted octanol–water partition coefficient (Wildman–Crippen LogP) is 1.88. The molecule has 10 heavy (non-hydrogen) atoms. The first-order valence-electron chi connectivity index (χ1n) is 3.94. The van der Waals surface area contributed by atoms with Gasteiger partial charge in [-0.1, -0.05) is 13.8 Å². The van der Waals surface area contributed by atoms with Crippen molar-refractivity contribution in [2.24, 2.45) is 0 Å². The third-order valence-electron chi connectivity index (χ3n) is 1.91. The van der Waals surface area contributed by atoms with Crippen molar-refractivity contribution in [1.29, 1.82) is 0 Å². The molecule has 0 radical (unpaired) electrons. The Hall–Kier alpha value is -0.110. The van der Waals surface area contributed by atoms with Gasteiger partial charge in [0, 0.05) is 12.1 Å². The Kier molecular flexibility index (Phi) is 1.99. The number of rotatable bonds is 2. The first-order chi connectivity index (χ1) is 4.49. The molecule has 0 saturated heterocycles. The Morgan fingerprint density at radius 1 is 1.50 bits per heavy atom. The molecule has 1 rings (SSSR count). The molecule has 0 aromatic heterocycles. The molecule has 0 spiro atoms. The van der Waals surface area contributed by atoms with Crippen molar-refractivity contribution in [3.8, 4) is 0 Å². The summed E-state index contributed by atoms with van der Waals surface area (Å²) < 4.78 is 12.9. The summed E-state index contributed by atoms with van der Waals surface area (Å²) >= 11 is 0. The van der Waals surface area contributed by atoms with E-state index in [4.69, 9.17) is 0 Å². The van der Waals surface area contributed by atoms with E-state index in [-0.39, 0.29) is 0 Å². The lowest BCUT2D eigenvalue weighted by Crippen LogP contribution is -2.51. The molecule has 2 heteroatoms. The van der Waals surface area contributed by atoms with Gasteiger partial charge in [-0.2, -0.15) is 0 Å². The summed E-state index contributed by atoms with van der Waals surface area (Å²) in [6.07, 6.45) is 1.37. The summed E-state index contributed by atoms with van der Waals surface area (Å²) in [5.41, 5.74) is -0.882. The molecule has 1 aliphatic rings. The second-order valence-electron chi connectivity index (χ2n) is 3.84. The van der Waals surface area contributed by atoms with Gasteiger partial charge in [0.25, 0.3) is 0 Å². The monoisotopic (exact) mass is 145 g/mol. The van der Waals surface area contributed by atoms with Crippen LogP contribution in [-0.2, 0) is 0 Å². The summed E-state index contributed by atoms with van der Waals surface area (Å²) in [4.78, 5) is 0. The Bertz CT molecular complexity index is 110. The maximum Gasteiger partial charge on any atom is 0.111 e. The molecule has 1 fully saturated rings. The van der Waals surface area contributed by atoms with Crippen molar-refractivity contribution in [2.75, 3.05) is 0 Å². The highest BCUT2D eigenvalue weighted by atomic mass is 19.1. The lowest BCUT2D eigenvalue weighted by molar-refractivity contribution is 0.0448. The number of halogens is 1. The van der Waals surface area contributed by atoms with Gasteiger partial charge < -0.3 is 5.32 Å². The molecular formula is C8H16FN. The summed E-state index contributed by atoms with van der Waals surface area (Å²) in [7, 11) is 0. The van der Waals surface area contributed by atoms with Crippen molar-refractivity contribution in [3.63, 3.8) is 0 Å². The van der Waals surface area contributed by atoms with Crippen molar-refractivity contribution < 1.29 is 4.39 Å². The van der Waals surface area contributed by atoms with Gasteiger partial charge in [-0.25, -0.2) is 4.39 Å². The third-order valence-corrected chi connectivity index (χ3v) is 1.91. The zero-order valence-electron chi connectivity index (χ0n) is 6.95. The first-order valence-corrected chi connectivity index (χ1v) is 3.94. The summed E-state index contributed by atoms with van der Waals surface area (Å²) in [5.74, 6) is 0. The van der Waals surface area contributed by atoms with Crippen LogP contribution < -0.4 is 5.32 Å². The molecule has 0 aliphatic heterocycles. The SMILES string of the molecule is CC(C)NC1CC(C)(F)C1. The van der Waals surface area contributed by atoms with Gasteiger partial charge in [-0.05, 0) is 19.8 Å². The van der Waals surface area contributed by atoms with Crippen LogP contribution in [0.5, 0.6) is 0 Å². The van der Waals surface area contributed by atoms with E-state index in [1.807, 2.05) is 0 Å². The quantitative estimate of drug-likeness (QED) is 0.625. The third kappa shape index (κ3) is 1.94. The minimum Gasteiger partial charge on any atom is -0.312 e. The van der Waals surface area contributed by atoms with Crippen molar-refractivity contribution in [2.45, 2.75) is 51.4 Å². The minimum atomic E-state index is -0.882. The Morgan fingerprint density at radius 2 is 2.00 bits per heavy atom. The fourth-order valence-electron chi connectivity index (χ4n) is 1.56.